The number of nitrogens with zero attached hydrogens (tertiary/aromatic N) is 2. The molecule has 0 saturated carbocycles. The van der Waals surface area contributed by atoms with Crippen molar-refractivity contribution < 1.29 is 18.0 Å². The number of nitrogens with one attached hydrogen (secondary N) is 1. The zero-order chi connectivity index (χ0) is 33.4. The van der Waals surface area contributed by atoms with Crippen LogP contribution in [0, 0.1) is 13.8 Å². The zero-order valence-electron chi connectivity index (χ0n) is 26.4. The van der Waals surface area contributed by atoms with E-state index in [0.29, 0.717) is 16.5 Å². The molecular weight excluding hydrogens is 641 g/mol. The number of benzene rings is 4. The molecule has 0 unspecified atom stereocenters. The fourth-order valence-electron chi connectivity index (χ4n) is 4.88. The van der Waals surface area contributed by atoms with Gasteiger partial charge in [0.05, 0.1) is 10.6 Å². The first-order valence-corrected chi connectivity index (χ1v) is 17.3. The molecule has 0 bridgehead atoms. The van der Waals surface area contributed by atoms with E-state index >= 15 is 0 Å². The molecule has 10 heteroatoms. The normalized spacial score (nSPS) is 12.7. The second-order valence-electron chi connectivity index (χ2n) is 11.4. The van der Waals surface area contributed by atoms with Gasteiger partial charge in [-0.2, -0.15) is 0 Å². The second-order valence-corrected chi connectivity index (χ2v) is 14.1. The van der Waals surface area contributed by atoms with Crippen LogP contribution in [0.2, 0.25) is 10.0 Å². The summed E-state index contributed by atoms with van der Waals surface area (Å²) < 4.78 is 29.4. The summed E-state index contributed by atoms with van der Waals surface area (Å²) in [5.41, 5.74) is 3.48. The van der Waals surface area contributed by atoms with Crippen molar-refractivity contribution in [1.29, 1.82) is 0 Å². The number of carbonyl (C=O) groups excluding carboxylic acids is 2. The van der Waals surface area contributed by atoms with Crippen LogP contribution in [0.25, 0.3) is 0 Å². The molecule has 1 N–H and O–H groups in total. The minimum absolute atomic E-state index is 0.0298. The summed E-state index contributed by atoms with van der Waals surface area (Å²) in [5, 5.41) is 3.93. The minimum atomic E-state index is -4.23. The van der Waals surface area contributed by atoms with Crippen LogP contribution in [-0.2, 0) is 32.6 Å². The van der Waals surface area contributed by atoms with Crippen molar-refractivity contribution in [3.05, 3.63) is 129 Å². The molecular formula is C36H39Cl2N3O4S. The van der Waals surface area contributed by atoms with Gasteiger partial charge in [0, 0.05) is 29.1 Å². The number of hydrogen-bond acceptors (Lipinski definition) is 4. The predicted molar refractivity (Wildman–Crippen MR) is 186 cm³/mol. The molecule has 242 valence electrons. The van der Waals surface area contributed by atoms with E-state index < -0.39 is 28.5 Å². The number of aryl methyl sites for hydroxylation is 2. The molecule has 2 amide bonds. The zero-order valence-corrected chi connectivity index (χ0v) is 28.7. The van der Waals surface area contributed by atoms with E-state index in [1.54, 1.807) is 48.5 Å². The highest BCUT2D eigenvalue weighted by molar-refractivity contribution is 7.92. The average Bonchev–Trinajstić information content (AvgIpc) is 3.04. The number of hydrogen-bond donors (Lipinski definition) is 1. The number of anilines is 1. The molecule has 0 heterocycles. The van der Waals surface area contributed by atoms with Crippen LogP contribution in [0.3, 0.4) is 0 Å². The molecule has 0 aromatic heterocycles. The lowest BCUT2D eigenvalue weighted by atomic mass is 10.0. The maximum Gasteiger partial charge on any atom is 0.264 e. The Hall–Kier alpha value is -3.85. The second kappa shape index (κ2) is 15.6. The third kappa shape index (κ3) is 8.90. The van der Waals surface area contributed by atoms with Crippen LogP contribution < -0.4 is 9.62 Å². The Morgan fingerprint density at radius 3 is 2.11 bits per heavy atom. The minimum Gasteiger partial charge on any atom is -0.352 e. The SMILES string of the molecule is CC[C@@H](C)NC(=O)[C@H](Cc1ccccc1)N(Cc1ccc(Cl)cc1)C(=O)CN(c1ccc(C)c(Cl)c1)S(=O)(=O)c1ccc(C)cc1. The van der Waals surface area contributed by atoms with Crippen LogP contribution in [0.15, 0.2) is 102 Å². The van der Waals surface area contributed by atoms with Crippen molar-refractivity contribution in [2.75, 3.05) is 10.8 Å². The topological polar surface area (TPSA) is 86.8 Å². The number of rotatable bonds is 13. The van der Waals surface area contributed by atoms with Crippen LogP contribution in [-0.4, -0.2) is 43.8 Å². The van der Waals surface area contributed by atoms with Crippen molar-refractivity contribution in [2.45, 2.75) is 64.1 Å². The Morgan fingerprint density at radius 2 is 1.50 bits per heavy atom. The molecule has 0 fully saturated rings. The summed E-state index contributed by atoms with van der Waals surface area (Å²) in [5.74, 6) is -0.880. The van der Waals surface area contributed by atoms with Gasteiger partial charge in [0.25, 0.3) is 10.0 Å². The molecule has 0 radical (unpaired) electrons. The molecule has 2 atom stereocenters. The van der Waals surface area contributed by atoms with Gasteiger partial charge in [-0.1, -0.05) is 96.4 Å². The summed E-state index contributed by atoms with van der Waals surface area (Å²) in [6.45, 7) is 7.03. The van der Waals surface area contributed by atoms with Crippen molar-refractivity contribution in [2.24, 2.45) is 0 Å². The Bertz CT molecular complexity index is 1750. The smallest absolute Gasteiger partial charge is 0.264 e. The van der Waals surface area contributed by atoms with E-state index in [1.165, 1.54) is 23.1 Å². The van der Waals surface area contributed by atoms with Crippen molar-refractivity contribution >= 4 is 50.7 Å². The van der Waals surface area contributed by atoms with Crippen LogP contribution in [0.5, 0.6) is 0 Å². The lowest BCUT2D eigenvalue weighted by Crippen LogP contribution is -2.54. The molecule has 0 aliphatic heterocycles. The van der Waals surface area contributed by atoms with Gasteiger partial charge in [-0.05, 0) is 80.3 Å². The van der Waals surface area contributed by atoms with Crippen molar-refractivity contribution in [3.8, 4) is 0 Å². The molecule has 0 saturated heterocycles. The molecule has 4 aromatic carbocycles. The summed E-state index contributed by atoms with van der Waals surface area (Å²) in [6.07, 6.45) is 0.926. The third-order valence-corrected chi connectivity index (χ3v) is 10.3. The van der Waals surface area contributed by atoms with Gasteiger partial charge in [-0.15, -0.1) is 0 Å². The first kappa shape index (κ1) is 35.0. The highest BCUT2D eigenvalue weighted by Gasteiger charge is 2.35. The quantitative estimate of drug-likeness (QED) is 0.160. The fraction of sp³-hybridized carbons (Fsp3) is 0.278. The molecule has 0 spiro atoms. The van der Waals surface area contributed by atoms with E-state index in [9.17, 15) is 18.0 Å². The van der Waals surface area contributed by atoms with Gasteiger partial charge in [-0.3, -0.25) is 13.9 Å². The number of carbonyl (C=O) groups is 2. The fourth-order valence-corrected chi connectivity index (χ4v) is 6.59. The largest absolute Gasteiger partial charge is 0.352 e. The molecule has 4 aromatic rings. The summed E-state index contributed by atoms with van der Waals surface area (Å²) in [4.78, 5) is 30.0. The van der Waals surface area contributed by atoms with E-state index in [1.807, 2.05) is 58.0 Å². The molecule has 0 aliphatic rings. The van der Waals surface area contributed by atoms with Gasteiger partial charge in [0.1, 0.15) is 12.6 Å². The molecule has 7 nitrogen and oxygen atoms in total. The Morgan fingerprint density at radius 1 is 0.848 bits per heavy atom. The Balaban J connectivity index is 1.82. The number of sulfonamides is 1. The highest BCUT2D eigenvalue weighted by Crippen LogP contribution is 2.29. The van der Waals surface area contributed by atoms with Crippen LogP contribution in [0.1, 0.15) is 42.5 Å². The Labute approximate surface area is 282 Å². The van der Waals surface area contributed by atoms with Gasteiger partial charge in [-0.25, -0.2) is 8.42 Å². The van der Waals surface area contributed by atoms with Gasteiger partial charge < -0.3 is 10.2 Å². The first-order chi connectivity index (χ1) is 21.9. The summed E-state index contributed by atoms with van der Waals surface area (Å²) in [6, 6.07) is 26.7. The highest BCUT2D eigenvalue weighted by atomic mass is 35.5. The first-order valence-electron chi connectivity index (χ1n) is 15.1. The molecule has 4 rings (SSSR count). The van der Waals surface area contributed by atoms with Gasteiger partial charge in [0.2, 0.25) is 11.8 Å². The van der Waals surface area contributed by atoms with Crippen molar-refractivity contribution in [1.82, 2.24) is 10.2 Å². The number of amides is 2. The van der Waals surface area contributed by atoms with E-state index in [-0.39, 0.29) is 35.5 Å². The van der Waals surface area contributed by atoms with Crippen LogP contribution in [0.4, 0.5) is 5.69 Å². The molecule has 46 heavy (non-hydrogen) atoms. The van der Waals surface area contributed by atoms with Gasteiger partial charge in [0.15, 0.2) is 0 Å². The summed E-state index contributed by atoms with van der Waals surface area (Å²) >= 11 is 12.6. The molecule has 0 aliphatic carbocycles. The monoisotopic (exact) mass is 679 g/mol. The lowest BCUT2D eigenvalue weighted by molar-refractivity contribution is -0.140. The lowest BCUT2D eigenvalue weighted by Gasteiger charge is -2.34. The van der Waals surface area contributed by atoms with E-state index in [0.717, 1.165) is 26.6 Å². The summed E-state index contributed by atoms with van der Waals surface area (Å²) in [7, 11) is -4.23. The predicted octanol–water partition coefficient (Wildman–Crippen LogP) is 7.36. The maximum absolute atomic E-state index is 14.6. The average molecular weight is 681 g/mol. The Kier molecular flexibility index (Phi) is 11.9. The standard InChI is InChI=1S/C36H39Cl2N3O4S/c1-5-27(4)39-36(43)34(21-28-9-7-6-8-10-28)40(23-29-14-16-30(37)17-15-29)35(42)24-41(31-18-13-26(3)33(38)22-31)46(44,45)32-19-11-25(2)12-20-32/h6-20,22,27,34H,5,21,23-24H2,1-4H3,(H,39,43)/t27-,34+/m1/s1. The third-order valence-electron chi connectivity index (χ3n) is 7.87. The van der Waals surface area contributed by atoms with Gasteiger partial charge >= 0.3 is 0 Å². The van der Waals surface area contributed by atoms with E-state index in [4.69, 9.17) is 23.2 Å². The number of halogens is 2. The van der Waals surface area contributed by atoms with Crippen LogP contribution >= 0.6 is 23.2 Å². The maximum atomic E-state index is 14.6. The van der Waals surface area contributed by atoms with Crippen molar-refractivity contribution in [3.63, 3.8) is 0 Å². The van der Waals surface area contributed by atoms with E-state index in [2.05, 4.69) is 5.32 Å².